The van der Waals surface area contributed by atoms with Gasteiger partial charge in [0.05, 0.1) is 17.3 Å². The number of aromatic nitrogens is 3. The molecular weight excluding hydrogens is 300 g/mol. The van der Waals surface area contributed by atoms with Crippen LogP contribution in [0.15, 0.2) is 24.5 Å². The number of nitrogens with zero attached hydrogens (tertiary/aromatic N) is 3. The molecule has 4 N–H and O–H groups in total. The second kappa shape index (κ2) is 6.02. The molecule has 0 aliphatic carbocycles. The highest BCUT2D eigenvalue weighted by molar-refractivity contribution is 7.22. The Morgan fingerprint density at radius 3 is 2.86 bits per heavy atom. The molecule has 3 aromatic rings. The molecule has 0 spiro atoms. The number of thiazole rings is 1. The lowest BCUT2D eigenvalue weighted by atomic mass is 10.3. The van der Waals surface area contributed by atoms with Crippen LogP contribution in [0.1, 0.15) is 6.92 Å². The minimum absolute atomic E-state index is 0.473. The Balaban J connectivity index is 1.91. The molecule has 114 valence electrons. The van der Waals surface area contributed by atoms with Gasteiger partial charge in [-0.1, -0.05) is 11.3 Å². The van der Waals surface area contributed by atoms with Crippen LogP contribution < -0.4 is 21.1 Å². The van der Waals surface area contributed by atoms with E-state index in [1.165, 1.54) is 17.7 Å². The molecule has 2 heterocycles. The third-order valence-electron chi connectivity index (χ3n) is 3.05. The number of nitrogens with two attached hydrogens (primary N) is 1. The number of hydrogen-bond acceptors (Lipinski definition) is 8. The molecule has 0 saturated heterocycles. The average molecular weight is 316 g/mol. The molecule has 0 atom stereocenters. The van der Waals surface area contributed by atoms with Crippen molar-refractivity contribution in [2.45, 2.75) is 6.92 Å². The molecule has 0 bridgehead atoms. The predicted molar refractivity (Wildman–Crippen MR) is 90.1 cm³/mol. The third-order valence-corrected chi connectivity index (χ3v) is 3.98. The zero-order valence-electron chi connectivity index (χ0n) is 12.3. The number of methoxy groups -OCH3 is 1. The lowest BCUT2D eigenvalue weighted by molar-refractivity contribution is 0.415. The quantitative estimate of drug-likeness (QED) is 0.665. The highest BCUT2D eigenvalue weighted by Gasteiger charge is 2.10. The van der Waals surface area contributed by atoms with Crippen molar-refractivity contribution < 1.29 is 4.74 Å². The number of ether oxygens (including phenoxy) is 1. The van der Waals surface area contributed by atoms with E-state index in [2.05, 4.69) is 25.6 Å². The van der Waals surface area contributed by atoms with Crippen LogP contribution in [-0.4, -0.2) is 28.6 Å². The van der Waals surface area contributed by atoms with Crippen molar-refractivity contribution >= 4 is 44.0 Å². The zero-order chi connectivity index (χ0) is 15.5. The fourth-order valence-corrected chi connectivity index (χ4v) is 2.88. The zero-order valence-corrected chi connectivity index (χ0v) is 13.1. The Kier molecular flexibility index (Phi) is 3.92. The van der Waals surface area contributed by atoms with Crippen molar-refractivity contribution in [2.75, 3.05) is 30.0 Å². The fourth-order valence-electron chi connectivity index (χ4n) is 1.99. The maximum atomic E-state index is 6.06. The van der Waals surface area contributed by atoms with Crippen LogP contribution in [0.5, 0.6) is 5.75 Å². The van der Waals surface area contributed by atoms with E-state index in [4.69, 9.17) is 10.5 Å². The summed E-state index contributed by atoms with van der Waals surface area (Å²) in [6, 6.07) is 5.75. The van der Waals surface area contributed by atoms with Crippen molar-refractivity contribution in [1.29, 1.82) is 0 Å². The fraction of sp³-hybridized carbons (Fsp3) is 0.214. The first kappa shape index (κ1) is 14.3. The molecule has 0 fully saturated rings. The SMILES string of the molecule is CCNc1ncnc(Nc2nc3ccc(OC)cc3s2)c1N. The van der Waals surface area contributed by atoms with Crippen molar-refractivity contribution in [1.82, 2.24) is 15.0 Å². The first-order chi connectivity index (χ1) is 10.7. The van der Waals surface area contributed by atoms with Gasteiger partial charge in [0.25, 0.3) is 0 Å². The van der Waals surface area contributed by atoms with Crippen LogP contribution in [0.25, 0.3) is 10.2 Å². The smallest absolute Gasteiger partial charge is 0.189 e. The Morgan fingerprint density at radius 1 is 1.27 bits per heavy atom. The van der Waals surface area contributed by atoms with Gasteiger partial charge in [-0.3, -0.25) is 0 Å². The maximum absolute atomic E-state index is 6.06. The van der Waals surface area contributed by atoms with Crippen LogP contribution >= 0.6 is 11.3 Å². The molecule has 1 aromatic carbocycles. The van der Waals surface area contributed by atoms with E-state index in [1.807, 2.05) is 25.1 Å². The highest BCUT2D eigenvalue weighted by atomic mass is 32.1. The largest absolute Gasteiger partial charge is 0.497 e. The van der Waals surface area contributed by atoms with Gasteiger partial charge in [-0.2, -0.15) is 0 Å². The summed E-state index contributed by atoms with van der Waals surface area (Å²) in [6.07, 6.45) is 1.47. The Labute approximate surface area is 131 Å². The van der Waals surface area contributed by atoms with E-state index in [0.29, 0.717) is 17.3 Å². The Hall–Kier alpha value is -2.61. The minimum atomic E-state index is 0.473. The van der Waals surface area contributed by atoms with Gasteiger partial charge in [-0.25, -0.2) is 15.0 Å². The van der Waals surface area contributed by atoms with E-state index in [0.717, 1.165) is 27.6 Å². The van der Waals surface area contributed by atoms with Gasteiger partial charge < -0.3 is 21.1 Å². The predicted octanol–water partition coefficient (Wildman–Crippen LogP) is 2.85. The van der Waals surface area contributed by atoms with E-state index in [-0.39, 0.29) is 0 Å². The van der Waals surface area contributed by atoms with Crippen LogP contribution in [-0.2, 0) is 0 Å². The summed E-state index contributed by atoms with van der Waals surface area (Å²) in [6.45, 7) is 2.72. The lowest BCUT2D eigenvalue weighted by Gasteiger charge is -2.09. The number of hydrogen-bond donors (Lipinski definition) is 3. The highest BCUT2D eigenvalue weighted by Crippen LogP contribution is 2.32. The van der Waals surface area contributed by atoms with Gasteiger partial charge in [-0.15, -0.1) is 0 Å². The molecule has 0 unspecified atom stereocenters. The first-order valence-corrected chi connectivity index (χ1v) is 7.59. The van der Waals surface area contributed by atoms with Gasteiger partial charge in [0.15, 0.2) is 16.8 Å². The van der Waals surface area contributed by atoms with Gasteiger partial charge in [0.1, 0.15) is 17.8 Å². The van der Waals surface area contributed by atoms with Gasteiger partial charge in [0, 0.05) is 6.54 Å². The number of nitrogen functional groups attached to an aromatic ring is 1. The molecule has 0 aliphatic heterocycles. The van der Waals surface area contributed by atoms with Gasteiger partial charge in [-0.05, 0) is 25.1 Å². The summed E-state index contributed by atoms with van der Waals surface area (Å²) in [7, 11) is 1.64. The second-order valence-corrected chi connectivity index (χ2v) is 5.52. The molecule has 7 nitrogen and oxygen atoms in total. The summed E-state index contributed by atoms with van der Waals surface area (Å²) in [5.41, 5.74) is 7.43. The first-order valence-electron chi connectivity index (χ1n) is 6.77. The number of nitrogens with one attached hydrogen (secondary N) is 2. The number of rotatable bonds is 5. The molecular formula is C14H16N6OS. The Bertz CT molecular complexity index is 803. The van der Waals surface area contributed by atoms with Crippen molar-refractivity contribution in [2.24, 2.45) is 0 Å². The van der Waals surface area contributed by atoms with Gasteiger partial charge >= 0.3 is 0 Å². The van der Waals surface area contributed by atoms with Crippen LogP contribution in [0.2, 0.25) is 0 Å². The van der Waals surface area contributed by atoms with Crippen LogP contribution in [0.4, 0.5) is 22.5 Å². The van der Waals surface area contributed by atoms with E-state index in [9.17, 15) is 0 Å². The number of benzene rings is 1. The average Bonchev–Trinajstić information content (AvgIpc) is 2.92. The summed E-state index contributed by atoms with van der Waals surface area (Å²) in [5.74, 6) is 1.96. The topological polar surface area (TPSA) is 98.0 Å². The van der Waals surface area contributed by atoms with E-state index >= 15 is 0 Å². The van der Waals surface area contributed by atoms with Crippen molar-refractivity contribution in [3.63, 3.8) is 0 Å². The second-order valence-electron chi connectivity index (χ2n) is 4.49. The number of anilines is 4. The summed E-state index contributed by atoms with van der Waals surface area (Å²) in [5, 5.41) is 6.96. The summed E-state index contributed by atoms with van der Waals surface area (Å²) < 4.78 is 6.25. The van der Waals surface area contributed by atoms with Crippen molar-refractivity contribution in [3.8, 4) is 5.75 Å². The van der Waals surface area contributed by atoms with E-state index < -0.39 is 0 Å². The monoisotopic (exact) mass is 316 g/mol. The van der Waals surface area contributed by atoms with Gasteiger partial charge in [0.2, 0.25) is 0 Å². The molecule has 0 saturated carbocycles. The molecule has 8 heteroatoms. The molecule has 0 aliphatic rings. The lowest BCUT2D eigenvalue weighted by Crippen LogP contribution is -2.07. The normalized spacial score (nSPS) is 10.6. The molecule has 22 heavy (non-hydrogen) atoms. The number of fused-ring (bicyclic) bond motifs is 1. The van der Waals surface area contributed by atoms with Crippen molar-refractivity contribution in [3.05, 3.63) is 24.5 Å². The molecule has 0 radical (unpaired) electrons. The maximum Gasteiger partial charge on any atom is 0.189 e. The van der Waals surface area contributed by atoms with E-state index in [1.54, 1.807) is 7.11 Å². The van der Waals surface area contributed by atoms with Crippen LogP contribution in [0.3, 0.4) is 0 Å². The summed E-state index contributed by atoms with van der Waals surface area (Å²) in [4.78, 5) is 12.8. The minimum Gasteiger partial charge on any atom is -0.497 e. The molecule has 3 rings (SSSR count). The standard InChI is InChI=1S/C14H16N6OS/c1-3-16-12-11(15)13(18-7-17-12)20-14-19-9-5-4-8(21-2)6-10(9)22-14/h4-7H,3,15H2,1-2H3,(H2,16,17,18,19,20). The van der Waals surface area contributed by atoms with Crippen LogP contribution in [0, 0.1) is 0 Å². The third kappa shape index (κ3) is 2.73. The molecule has 2 aromatic heterocycles. The molecule has 0 amide bonds. The summed E-state index contributed by atoms with van der Waals surface area (Å²) >= 11 is 1.51. The Morgan fingerprint density at radius 2 is 2.09 bits per heavy atom.